The summed E-state index contributed by atoms with van der Waals surface area (Å²) in [6.07, 6.45) is 5.46. The average molecular weight is 366 g/mol. The fourth-order valence-corrected chi connectivity index (χ4v) is 3.29. The second-order valence-corrected chi connectivity index (χ2v) is 6.51. The Labute approximate surface area is 162 Å². The highest BCUT2D eigenvalue weighted by atomic mass is 16.5. The maximum atomic E-state index is 6.10. The summed E-state index contributed by atoms with van der Waals surface area (Å²) >= 11 is 0. The summed E-state index contributed by atoms with van der Waals surface area (Å²) in [7, 11) is 0. The summed E-state index contributed by atoms with van der Waals surface area (Å²) in [6.45, 7) is 0.374. The van der Waals surface area contributed by atoms with E-state index >= 15 is 0 Å². The third-order valence-electron chi connectivity index (χ3n) is 4.65. The Bertz CT molecular complexity index is 1210. The standard InChI is InChI=1S/C23H18N4O/c1-2-6-17(7-3-1)19-8-4-5-9-22(19)28-15-23-25-20-11-10-18(14-21(20)26-23)27-13-12-24-16-27/h1-14,16H,15H2,(H,25,26). The lowest BCUT2D eigenvalue weighted by molar-refractivity contribution is 0.299. The molecular formula is C23H18N4O. The van der Waals surface area contributed by atoms with Crippen LogP contribution in [0.4, 0.5) is 0 Å². The molecule has 3 aromatic carbocycles. The minimum absolute atomic E-state index is 0.374. The van der Waals surface area contributed by atoms with E-state index in [1.54, 1.807) is 12.5 Å². The number of imidazole rings is 2. The van der Waals surface area contributed by atoms with Crippen LogP contribution in [-0.2, 0) is 6.61 Å². The van der Waals surface area contributed by atoms with Crippen molar-refractivity contribution in [1.82, 2.24) is 19.5 Å². The minimum Gasteiger partial charge on any atom is -0.485 e. The molecule has 5 aromatic rings. The number of nitrogens with one attached hydrogen (secondary N) is 1. The molecule has 0 radical (unpaired) electrons. The molecule has 5 rings (SSSR count). The van der Waals surface area contributed by atoms with Crippen molar-refractivity contribution in [2.45, 2.75) is 6.61 Å². The van der Waals surface area contributed by atoms with E-state index in [1.807, 2.05) is 59.3 Å². The number of hydrogen-bond donors (Lipinski definition) is 1. The quantitative estimate of drug-likeness (QED) is 0.476. The third kappa shape index (κ3) is 3.14. The molecular weight excluding hydrogens is 348 g/mol. The average Bonchev–Trinajstić information content (AvgIpc) is 3.42. The summed E-state index contributed by atoms with van der Waals surface area (Å²) < 4.78 is 8.07. The van der Waals surface area contributed by atoms with Crippen LogP contribution < -0.4 is 4.74 Å². The van der Waals surface area contributed by atoms with Crippen LogP contribution in [0.5, 0.6) is 5.75 Å². The zero-order valence-corrected chi connectivity index (χ0v) is 15.1. The maximum Gasteiger partial charge on any atom is 0.146 e. The van der Waals surface area contributed by atoms with Crippen LogP contribution in [0.15, 0.2) is 91.5 Å². The lowest BCUT2D eigenvalue weighted by Crippen LogP contribution is -1.98. The van der Waals surface area contributed by atoms with Crippen LogP contribution in [0.2, 0.25) is 0 Å². The van der Waals surface area contributed by atoms with Gasteiger partial charge in [-0.3, -0.25) is 0 Å². The molecule has 0 saturated heterocycles. The molecule has 0 bridgehead atoms. The number of aromatic amines is 1. The minimum atomic E-state index is 0.374. The van der Waals surface area contributed by atoms with Crippen LogP contribution >= 0.6 is 0 Å². The first-order chi connectivity index (χ1) is 13.9. The molecule has 0 aliphatic rings. The number of nitrogens with zero attached hydrogens (tertiary/aromatic N) is 3. The third-order valence-corrected chi connectivity index (χ3v) is 4.65. The molecule has 0 spiro atoms. The molecule has 28 heavy (non-hydrogen) atoms. The van der Waals surface area contributed by atoms with Crippen molar-refractivity contribution in [2.75, 3.05) is 0 Å². The number of H-pyrrole nitrogens is 1. The van der Waals surface area contributed by atoms with Gasteiger partial charge in [0.05, 0.1) is 17.4 Å². The van der Waals surface area contributed by atoms with Crippen molar-refractivity contribution in [3.05, 3.63) is 97.3 Å². The summed E-state index contributed by atoms with van der Waals surface area (Å²) in [6, 6.07) is 24.4. The highest BCUT2D eigenvalue weighted by Gasteiger charge is 2.09. The van der Waals surface area contributed by atoms with Crippen LogP contribution in [0, 0.1) is 0 Å². The molecule has 0 aliphatic heterocycles. The van der Waals surface area contributed by atoms with Gasteiger partial charge in [-0.1, -0.05) is 48.5 Å². The summed E-state index contributed by atoms with van der Waals surface area (Å²) in [4.78, 5) is 12.1. The Kier molecular flexibility index (Phi) is 4.10. The molecule has 0 saturated carbocycles. The summed E-state index contributed by atoms with van der Waals surface area (Å²) in [5.41, 5.74) is 5.13. The lowest BCUT2D eigenvalue weighted by atomic mass is 10.1. The molecule has 0 atom stereocenters. The Balaban J connectivity index is 1.40. The molecule has 0 aliphatic carbocycles. The van der Waals surface area contributed by atoms with Crippen LogP contribution in [0.3, 0.4) is 0 Å². The molecule has 2 heterocycles. The van der Waals surface area contributed by atoms with Crippen molar-refractivity contribution in [1.29, 1.82) is 0 Å². The molecule has 0 amide bonds. The first-order valence-corrected chi connectivity index (χ1v) is 9.11. The molecule has 1 N–H and O–H groups in total. The predicted molar refractivity (Wildman–Crippen MR) is 109 cm³/mol. The van der Waals surface area contributed by atoms with Gasteiger partial charge in [-0.25, -0.2) is 9.97 Å². The first kappa shape index (κ1) is 16.3. The summed E-state index contributed by atoms with van der Waals surface area (Å²) in [5, 5.41) is 0. The van der Waals surface area contributed by atoms with Gasteiger partial charge in [-0.2, -0.15) is 0 Å². The van der Waals surface area contributed by atoms with Crippen LogP contribution in [0.25, 0.3) is 27.8 Å². The maximum absolute atomic E-state index is 6.10. The number of ether oxygens (including phenoxy) is 1. The predicted octanol–water partition coefficient (Wildman–Crippen LogP) is 4.99. The molecule has 136 valence electrons. The van der Waals surface area contributed by atoms with E-state index in [0.29, 0.717) is 6.61 Å². The zero-order chi connectivity index (χ0) is 18.8. The number of benzene rings is 3. The highest BCUT2D eigenvalue weighted by molar-refractivity contribution is 5.77. The molecule has 5 nitrogen and oxygen atoms in total. The Morgan fingerprint density at radius 2 is 1.79 bits per heavy atom. The van der Waals surface area contributed by atoms with Crippen molar-refractivity contribution in [2.24, 2.45) is 0 Å². The van der Waals surface area contributed by atoms with Gasteiger partial charge in [-0.05, 0) is 29.8 Å². The Morgan fingerprint density at radius 3 is 2.64 bits per heavy atom. The summed E-state index contributed by atoms with van der Waals surface area (Å²) in [5.74, 6) is 1.63. The fraction of sp³-hybridized carbons (Fsp3) is 0.0435. The van der Waals surface area contributed by atoms with Crippen molar-refractivity contribution >= 4 is 11.0 Å². The normalized spacial score (nSPS) is 11.0. The number of hydrogen-bond acceptors (Lipinski definition) is 3. The Hall–Kier alpha value is -3.86. The highest BCUT2D eigenvalue weighted by Crippen LogP contribution is 2.30. The largest absolute Gasteiger partial charge is 0.485 e. The molecule has 0 fully saturated rings. The molecule has 2 aromatic heterocycles. The fourth-order valence-electron chi connectivity index (χ4n) is 3.29. The van der Waals surface area contributed by atoms with Gasteiger partial charge in [0.2, 0.25) is 0 Å². The number of aromatic nitrogens is 4. The van der Waals surface area contributed by atoms with E-state index < -0.39 is 0 Å². The number of fused-ring (bicyclic) bond motifs is 1. The van der Waals surface area contributed by atoms with Gasteiger partial charge in [0.15, 0.2) is 0 Å². The Morgan fingerprint density at radius 1 is 0.929 bits per heavy atom. The lowest BCUT2D eigenvalue weighted by Gasteiger charge is -2.10. The smallest absolute Gasteiger partial charge is 0.146 e. The van der Waals surface area contributed by atoms with Gasteiger partial charge in [0, 0.05) is 23.6 Å². The van der Waals surface area contributed by atoms with E-state index in [9.17, 15) is 0 Å². The molecule has 5 heteroatoms. The van der Waals surface area contributed by atoms with E-state index in [4.69, 9.17) is 4.74 Å². The van der Waals surface area contributed by atoms with Crippen LogP contribution in [0.1, 0.15) is 5.82 Å². The number of rotatable bonds is 5. The van der Waals surface area contributed by atoms with E-state index in [2.05, 4.69) is 39.2 Å². The second kappa shape index (κ2) is 7.04. The van der Waals surface area contributed by atoms with Gasteiger partial charge < -0.3 is 14.3 Å². The van der Waals surface area contributed by atoms with E-state index in [1.165, 1.54) is 0 Å². The van der Waals surface area contributed by atoms with Crippen molar-refractivity contribution in [3.8, 4) is 22.6 Å². The van der Waals surface area contributed by atoms with Gasteiger partial charge in [0.25, 0.3) is 0 Å². The van der Waals surface area contributed by atoms with E-state index in [-0.39, 0.29) is 0 Å². The zero-order valence-electron chi connectivity index (χ0n) is 15.1. The van der Waals surface area contributed by atoms with Gasteiger partial charge >= 0.3 is 0 Å². The monoisotopic (exact) mass is 366 g/mol. The second-order valence-electron chi connectivity index (χ2n) is 6.51. The molecule has 0 unspecified atom stereocenters. The van der Waals surface area contributed by atoms with Gasteiger partial charge in [-0.15, -0.1) is 0 Å². The number of para-hydroxylation sites is 1. The van der Waals surface area contributed by atoms with Crippen LogP contribution in [-0.4, -0.2) is 19.5 Å². The first-order valence-electron chi connectivity index (χ1n) is 9.11. The van der Waals surface area contributed by atoms with E-state index in [0.717, 1.165) is 39.4 Å². The SMILES string of the molecule is c1ccc(-c2ccccc2OCc2nc3ccc(-n4ccnc4)cc3[nH]2)cc1. The van der Waals surface area contributed by atoms with Crippen molar-refractivity contribution < 1.29 is 4.74 Å². The van der Waals surface area contributed by atoms with Gasteiger partial charge in [0.1, 0.15) is 18.2 Å². The van der Waals surface area contributed by atoms with Crippen molar-refractivity contribution in [3.63, 3.8) is 0 Å². The topological polar surface area (TPSA) is 55.7 Å².